The highest BCUT2D eigenvalue weighted by molar-refractivity contribution is 5.94. The summed E-state index contributed by atoms with van der Waals surface area (Å²) < 4.78 is 29.5. The zero-order valence-electron chi connectivity index (χ0n) is 16.1. The van der Waals surface area contributed by atoms with Crippen LogP contribution in [0.3, 0.4) is 0 Å². The number of methoxy groups -OCH3 is 2. The monoisotopic (exact) mass is 388 g/mol. The largest absolute Gasteiger partial charge is 0.497 e. The van der Waals surface area contributed by atoms with Crippen LogP contribution in [0.5, 0.6) is 11.5 Å². The summed E-state index contributed by atoms with van der Waals surface area (Å²) in [6.45, 7) is 3.28. The molecule has 2 aromatic rings. The third kappa shape index (κ3) is 4.79. The van der Waals surface area contributed by atoms with E-state index in [1.54, 1.807) is 13.2 Å². The Bertz CT molecular complexity index is 791. The molecule has 1 atom stereocenters. The number of benzene rings is 2. The molecule has 1 saturated heterocycles. The first-order valence-corrected chi connectivity index (χ1v) is 9.20. The van der Waals surface area contributed by atoms with E-state index in [2.05, 4.69) is 10.2 Å². The number of rotatable bonds is 7. The molecule has 0 radical (unpaired) electrons. The lowest BCUT2D eigenvalue weighted by Gasteiger charge is -2.35. The van der Waals surface area contributed by atoms with E-state index >= 15 is 0 Å². The molecule has 0 saturated carbocycles. The fraction of sp³-hybridized carbons (Fsp3) is 0.381. The predicted molar refractivity (Wildman–Crippen MR) is 103 cm³/mol. The Labute approximate surface area is 164 Å². The van der Waals surface area contributed by atoms with E-state index in [1.807, 2.05) is 24.3 Å². The van der Waals surface area contributed by atoms with Gasteiger partial charge in [-0.05, 0) is 35.9 Å². The Morgan fingerprint density at radius 3 is 2.46 bits per heavy atom. The van der Waals surface area contributed by atoms with Gasteiger partial charge in [-0.2, -0.15) is 0 Å². The van der Waals surface area contributed by atoms with Crippen molar-refractivity contribution in [1.82, 2.24) is 10.2 Å². The summed E-state index contributed by atoms with van der Waals surface area (Å²) in [6.07, 6.45) is 0. The van der Waals surface area contributed by atoms with Crippen molar-refractivity contribution in [1.29, 1.82) is 0 Å². The smallest absolute Gasteiger partial charge is 0.251 e. The van der Waals surface area contributed by atoms with Gasteiger partial charge in [0.1, 0.15) is 5.75 Å². The first-order chi connectivity index (χ1) is 13.6. The number of amides is 1. The van der Waals surface area contributed by atoms with Gasteiger partial charge in [0.05, 0.1) is 33.5 Å². The third-order valence-corrected chi connectivity index (χ3v) is 4.86. The van der Waals surface area contributed by atoms with Crippen LogP contribution in [0.15, 0.2) is 42.5 Å². The van der Waals surface area contributed by atoms with Crippen LogP contribution in [0.25, 0.3) is 0 Å². The van der Waals surface area contributed by atoms with Gasteiger partial charge in [-0.15, -0.1) is 0 Å². The van der Waals surface area contributed by atoms with E-state index in [0.29, 0.717) is 19.8 Å². The van der Waals surface area contributed by atoms with Crippen molar-refractivity contribution < 1.29 is 23.4 Å². The molecule has 1 aliphatic heterocycles. The fourth-order valence-electron chi connectivity index (χ4n) is 3.27. The van der Waals surface area contributed by atoms with Gasteiger partial charge in [-0.3, -0.25) is 9.69 Å². The van der Waals surface area contributed by atoms with Crippen LogP contribution >= 0.6 is 0 Å². The number of nitrogens with zero attached hydrogens (tertiary/aromatic N) is 1. The summed E-state index contributed by atoms with van der Waals surface area (Å²) in [4.78, 5) is 14.8. The SMILES string of the molecule is COc1ccc([C@H](CNC(=O)c2ccc(OC)c(F)c2)N2CCOCC2)cc1. The second-order valence-electron chi connectivity index (χ2n) is 6.50. The van der Waals surface area contributed by atoms with Crippen LogP contribution in [-0.4, -0.2) is 57.9 Å². The minimum Gasteiger partial charge on any atom is -0.497 e. The summed E-state index contributed by atoms with van der Waals surface area (Å²) in [5, 5.41) is 2.93. The minimum absolute atomic E-state index is 0.0122. The molecule has 0 aliphatic carbocycles. The average molecular weight is 388 g/mol. The van der Waals surface area contributed by atoms with Gasteiger partial charge >= 0.3 is 0 Å². The molecule has 1 heterocycles. The van der Waals surface area contributed by atoms with E-state index in [-0.39, 0.29) is 23.3 Å². The Hall–Kier alpha value is -2.64. The molecule has 28 heavy (non-hydrogen) atoms. The molecule has 0 bridgehead atoms. The molecule has 0 aromatic heterocycles. The molecular formula is C21H25FN2O4. The molecule has 7 heteroatoms. The van der Waals surface area contributed by atoms with Gasteiger partial charge in [0.2, 0.25) is 0 Å². The first kappa shape index (κ1) is 20.1. The molecule has 6 nitrogen and oxygen atoms in total. The van der Waals surface area contributed by atoms with Crippen molar-refractivity contribution in [2.45, 2.75) is 6.04 Å². The van der Waals surface area contributed by atoms with E-state index in [9.17, 15) is 9.18 Å². The number of halogens is 1. The van der Waals surface area contributed by atoms with Crippen molar-refractivity contribution in [3.63, 3.8) is 0 Å². The Balaban J connectivity index is 1.73. The van der Waals surface area contributed by atoms with Crippen LogP contribution < -0.4 is 14.8 Å². The highest BCUT2D eigenvalue weighted by Gasteiger charge is 2.23. The van der Waals surface area contributed by atoms with Crippen molar-refractivity contribution in [2.75, 3.05) is 47.1 Å². The second-order valence-corrected chi connectivity index (χ2v) is 6.50. The lowest BCUT2D eigenvalue weighted by atomic mass is 10.0. The van der Waals surface area contributed by atoms with Crippen molar-refractivity contribution in [3.8, 4) is 11.5 Å². The molecule has 1 aliphatic rings. The number of nitrogens with one attached hydrogen (secondary N) is 1. The average Bonchev–Trinajstić information content (AvgIpc) is 2.75. The normalized spacial score (nSPS) is 15.7. The molecule has 0 unspecified atom stereocenters. The molecular weight excluding hydrogens is 363 g/mol. The van der Waals surface area contributed by atoms with E-state index in [0.717, 1.165) is 24.4 Å². The quantitative estimate of drug-likeness (QED) is 0.790. The number of carbonyl (C=O) groups is 1. The van der Waals surface area contributed by atoms with Crippen LogP contribution in [0.4, 0.5) is 4.39 Å². The number of carbonyl (C=O) groups excluding carboxylic acids is 1. The predicted octanol–water partition coefficient (Wildman–Crippen LogP) is 2.65. The molecule has 2 aromatic carbocycles. The van der Waals surface area contributed by atoms with Gasteiger partial charge in [0, 0.05) is 25.2 Å². The van der Waals surface area contributed by atoms with Crippen LogP contribution in [0.1, 0.15) is 22.0 Å². The van der Waals surface area contributed by atoms with Gasteiger partial charge in [0.25, 0.3) is 5.91 Å². The molecule has 1 N–H and O–H groups in total. The van der Waals surface area contributed by atoms with Crippen LogP contribution in [0.2, 0.25) is 0 Å². The maximum absolute atomic E-state index is 13.9. The van der Waals surface area contributed by atoms with E-state index in [1.165, 1.54) is 19.2 Å². The van der Waals surface area contributed by atoms with Gasteiger partial charge in [-0.1, -0.05) is 12.1 Å². The maximum Gasteiger partial charge on any atom is 0.251 e. The topological polar surface area (TPSA) is 60.0 Å². The van der Waals surface area contributed by atoms with Crippen molar-refractivity contribution >= 4 is 5.91 Å². The highest BCUT2D eigenvalue weighted by Crippen LogP contribution is 2.24. The number of hydrogen-bond acceptors (Lipinski definition) is 5. The summed E-state index contributed by atoms with van der Waals surface area (Å²) in [7, 11) is 3.02. The van der Waals surface area contributed by atoms with Gasteiger partial charge in [-0.25, -0.2) is 4.39 Å². The second kappa shape index (κ2) is 9.52. The highest BCUT2D eigenvalue weighted by atomic mass is 19.1. The van der Waals surface area contributed by atoms with E-state index in [4.69, 9.17) is 14.2 Å². The van der Waals surface area contributed by atoms with E-state index < -0.39 is 5.82 Å². The Morgan fingerprint density at radius 1 is 1.14 bits per heavy atom. The molecule has 150 valence electrons. The van der Waals surface area contributed by atoms with Gasteiger partial charge in [0.15, 0.2) is 11.6 Å². The molecule has 1 amide bonds. The van der Waals surface area contributed by atoms with Gasteiger partial charge < -0.3 is 19.5 Å². The maximum atomic E-state index is 13.9. The van der Waals surface area contributed by atoms with Crippen molar-refractivity contribution in [3.05, 3.63) is 59.4 Å². The summed E-state index contributed by atoms with van der Waals surface area (Å²) in [6, 6.07) is 12.0. The molecule has 3 rings (SSSR count). The summed E-state index contributed by atoms with van der Waals surface area (Å²) >= 11 is 0. The fourth-order valence-corrected chi connectivity index (χ4v) is 3.27. The lowest BCUT2D eigenvalue weighted by Crippen LogP contribution is -2.43. The molecule has 1 fully saturated rings. The van der Waals surface area contributed by atoms with Crippen molar-refractivity contribution in [2.24, 2.45) is 0 Å². The number of ether oxygens (including phenoxy) is 3. The Morgan fingerprint density at radius 2 is 1.86 bits per heavy atom. The first-order valence-electron chi connectivity index (χ1n) is 9.20. The third-order valence-electron chi connectivity index (χ3n) is 4.86. The lowest BCUT2D eigenvalue weighted by molar-refractivity contribution is 0.0162. The summed E-state index contributed by atoms with van der Waals surface area (Å²) in [5.74, 6) is 0.00607. The Kier molecular flexibility index (Phi) is 6.84. The zero-order chi connectivity index (χ0) is 19.9. The van der Waals surface area contributed by atoms with Crippen LogP contribution in [-0.2, 0) is 4.74 Å². The minimum atomic E-state index is -0.560. The zero-order valence-corrected chi connectivity index (χ0v) is 16.1. The standard InChI is InChI=1S/C21H25FN2O4/c1-26-17-6-3-15(4-7-17)19(24-9-11-28-12-10-24)14-23-21(25)16-5-8-20(27-2)18(22)13-16/h3-8,13,19H,9-12,14H2,1-2H3,(H,23,25)/t19-/m0/s1. The number of hydrogen-bond donors (Lipinski definition) is 1. The molecule has 0 spiro atoms. The summed E-state index contributed by atoms with van der Waals surface area (Å²) in [5.41, 5.74) is 1.33. The van der Waals surface area contributed by atoms with Crippen LogP contribution in [0, 0.1) is 5.82 Å². The number of morpholine rings is 1.